The highest BCUT2D eigenvalue weighted by molar-refractivity contribution is 5.56. The Morgan fingerprint density at radius 2 is 1.44 bits per heavy atom. The Balaban J connectivity index is 2.05. The standard InChI is InChI=1S/C23H24N2/c1-5-6-21-18(4)24-23(20-13-9-17(3)10-14-20)25-22(21)15-19-11-7-16(2)8-12-19/h5,7-14H,1,6,15H2,2-4H3. The molecule has 2 nitrogen and oxygen atoms in total. The smallest absolute Gasteiger partial charge is 0.159 e. The molecule has 25 heavy (non-hydrogen) atoms. The average Bonchev–Trinajstić information content (AvgIpc) is 2.60. The molecule has 3 rings (SSSR count). The van der Waals surface area contributed by atoms with Gasteiger partial charge in [0, 0.05) is 17.7 Å². The fourth-order valence-electron chi connectivity index (χ4n) is 2.94. The maximum absolute atomic E-state index is 4.91. The molecule has 0 bridgehead atoms. The molecule has 0 aliphatic carbocycles. The van der Waals surface area contributed by atoms with E-state index in [0.29, 0.717) is 0 Å². The predicted molar refractivity (Wildman–Crippen MR) is 105 cm³/mol. The van der Waals surface area contributed by atoms with Gasteiger partial charge in [0.25, 0.3) is 0 Å². The van der Waals surface area contributed by atoms with E-state index in [0.717, 1.165) is 35.6 Å². The second kappa shape index (κ2) is 7.43. The van der Waals surface area contributed by atoms with Gasteiger partial charge in [-0.05, 0) is 38.3 Å². The first kappa shape index (κ1) is 17.1. The number of aryl methyl sites for hydroxylation is 3. The van der Waals surface area contributed by atoms with Gasteiger partial charge in [-0.25, -0.2) is 9.97 Å². The summed E-state index contributed by atoms with van der Waals surface area (Å²) in [5, 5.41) is 0. The molecule has 0 saturated heterocycles. The molecule has 0 N–H and O–H groups in total. The van der Waals surface area contributed by atoms with Crippen LogP contribution in [0.5, 0.6) is 0 Å². The lowest BCUT2D eigenvalue weighted by Crippen LogP contribution is -2.06. The minimum absolute atomic E-state index is 0.793. The lowest BCUT2D eigenvalue weighted by Gasteiger charge is -2.13. The van der Waals surface area contributed by atoms with Crippen molar-refractivity contribution in [3.8, 4) is 11.4 Å². The van der Waals surface area contributed by atoms with Crippen molar-refractivity contribution in [3.05, 3.63) is 94.8 Å². The van der Waals surface area contributed by atoms with Gasteiger partial charge in [-0.3, -0.25) is 0 Å². The molecule has 0 unspecified atom stereocenters. The largest absolute Gasteiger partial charge is 0.233 e. The lowest BCUT2D eigenvalue weighted by atomic mass is 10.0. The number of nitrogens with zero attached hydrogens (tertiary/aromatic N) is 2. The maximum Gasteiger partial charge on any atom is 0.159 e. The normalized spacial score (nSPS) is 10.7. The number of benzene rings is 2. The van der Waals surface area contributed by atoms with E-state index < -0.39 is 0 Å². The van der Waals surface area contributed by atoms with Gasteiger partial charge < -0.3 is 0 Å². The summed E-state index contributed by atoms with van der Waals surface area (Å²) in [5.41, 5.74) is 8.15. The van der Waals surface area contributed by atoms with Crippen LogP contribution in [0, 0.1) is 20.8 Å². The van der Waals surface area contributed by atoms with Crippen LogP contribution in [0.3, 0.4) is 0 Å². The summed E-state index contributed by atoms with van der Waals surface area (Å²) in [6, 6.07) is 17.0. The van der Waals surface area contributed by atoms with E-state index in [2.05, 4.69) is 75.9 Å². The number of hydrogen-bond acceptors (Lipinski definition) is 2. The summed E-state index contributed by atoms with van der Waals surface area (Å²) in [5.74, 6) is 0.799. The van der Waals surface area contributed by atoms with E-state index in [-0.39, 0.29) is 0 Å². The molecule has 0 radical (unpaired) electrons. The predicted octanol–water partition coefficient (Wildman–Crippen LogP) is 5.39. The molecular weight excluding hydrogens is 304 g/mol. The highest BCUT2D eigenvalue weighted by atomic mass is 14.9. The van der Waals surface area contributed by atoms with Gasteiger partial charge in [-0.1, -0.05) is 65.7 Å². The number of hydrogen-bond donors (Lipinski definition) is 0. The second-order valence-corrected chi connectivity index (χ2v) is 6.58. The zero-order valence-corrected chi connectivity index (χ0v) is 15.2. The van der Waals surface area contributed by atoms with Gasteiger partial charge in [-0.2, -0.15) is 0 Å². The van der Waals surface area contributed by atoms with Gasteiger partial charge in [0.1, 0.15) is 0 Å². The van der Waals surface area contributed by atoms with E-state index in [1.807, 2.05) is 6.08 Å². The van der Waals surface area contributed by atoms with Crippen molar-refractivity contribution < 1.29 is 0 Å². The Kier molecular flexibility index (Phi) is 5.08. The summed E-state index contributed by atoms with van der Waals surface area (Å²) in [6.45, 7) is 10.2. The van der Waals surface area contributed by atoms with Crippen molar-refractivity contribution in [2.24, 2.45) is 0 Å². The average molecular weight is 328 g/mol. The number of rotatable bonds is 5. The maximum atomic E-state index is 4.91. The van der Waals surface area contributed by atoms with Crippen LogP contribution in [-0.4, -0.2) is 9.97 Å². The molecule has 0 aliphatic rings. The third-order valence-corrected chi connectivity index (χ3v) is 4.45. The van der Waals surface area contributed by atoms with Gasteiger partial charge in [0.15, 0.2) is 5.82 Å². The third kappa shape index (κ3) is 4.03. The van der Waals surface area contributed by atoms with E-state index >= 15 is 0 Å². The van der Waals surface area contributed by atoms with Crippen LogP contribution >= 0.6 is 0 Å². The minimum Gasteiger partial charge on any atom is -0.233 e. The Morgan fingerprint density at radius 3 is 2.04 bits per heavy atom. The van der Waals surface area contributed by atoms with E-state index in [9.17, 15) is 0 Å². The van der Waals surface area contributed by atoms with Crippen LogP contribution in [0.15, 0.2) is 61.2 Å². The van der Waals surface area contributed by atoms with Crippen molar-refractivity contribution >= 4 is 0 Å². The van der Waals surface area contributed by atoms with E-state index in [4.69, 9.17) is 9.97 Å². The first-order valence-electron chi connectivity index (χ1n) is 8.66. The highest BCUT2D eigenvalue weighted by Gasteiger charge is 2.12. The Bertz CT molecular complexity index is 875. The van der Waals surface area contributed by atoms with Crippen LogP contribution in [0.25, 0.3) is 11.4 Å². The first-order valence-corrected chi connectivity index (χ1v) is 8.66. The van der Waals surface area contributed by atoms with Crippen molar-refractivity contribution in [2.45, 2.75) is 33.6 Å². The van der Waals surface area contributed by atoms with Gasteiger partial charge in [-0.15, -0.1) is 6.58 Å². The van der Waals surface area contributed by atoms with Crippen molar-refractivity contribution in [2.75, 3.05) is 0 Å². The Hall–Kier alpha value is -2.74. The van der Waals surface area contributed by atoms with Gasteiger partial charge in [0.2, 0.25) is 0 Å². The quantitative estimate of drug-likeness (QED) is 0.587. The second-order valence-electron chi connectivity index (χ2n) is 6.58. The lowest BCUT2D eigenvalue weighted by molar-refractivity contribution is 0.948. The Morgan fingerprint density at radius 1 is 0.840 bits per heavy atom. The molecule has 3 aromatic rings. The van der Waals surface area contributed by atoms with Gasteiger partial charge >= 0.3 is 0 Å². The van der Waals surface area contributed by atoms with Crippen LogP contribution < -0.4 is 0 Å². The molecule has 2 aromatic carbocycles. The molecule has 1 aromatic heterocycles. The van der Waals surface area contributed by atoms with Crippen LogP contribution in [0.2, 0.25) is 0 Å². The van der Waals surface area contributed by atoms with E-state index in [1.54, 1.807) is 0 Å². The van der Waals surface area contributed by atoms with E-state index in [1.165, 1.54) is 22.3 Å². The van der Waals surface area contributed by atoms with Gasteiger partial charge in [0.05, 0.1) is 5.69 Å². The van der Waals surface area contributed by atoms with Crippen molar-refractivity contribution in [3.63, 3.8) is 0 Å². The first-order chi connectivity index (χ1) is 12.1. The molecule has 126 valence electrons. The van der Waals surface area contributed by atoms with Crippen molar-refractivity contribution in [1.82, 2.24) is 9.97 Å². The number of aromatic nitrogens is 2. The van der Waals surface area contributed by atoms with Crippen LogP contribution in [0.1, 0.15) is 33.6 Å². The highest BCUT2D eigenvalue weighted by Crippen LogP contribution is 2.22. The summed E-state index contributed by atoms with van der Waals surface area (Å²) >= 11 is 0. The number of allylic oxidation sites excluding steroid dienone is 1. The summed E-state index contributed by atoms with van der Waals surface area (Å²) in [6.07, 6.45) is 3.53. The molecule has 0 fully saturated rings. The van der Waals surface area contributed by atoms with Crippen LogP contribution in [0.4, 0.5) is 0 Å². The molecular formula is C23H24N2. The SMILES string of the molecule is C=CCc1c(C)nc(-c2ccc(C)cc2)nc1Cc1ccc(C)cc1. The molecule has 0 atom stereocenters. The fraction of sp³-hybridized carbons (Fsp3) is 0.217. The Labute approximate surface area is 150 Å². The van der Waals surface area contributed by atoms with Crippen LogP contribution in [-0.2, 0) is 12.8 Å². The summed E-state index contributed by atoms with van der Waals surface area (Å²) in [7, 11) is 0. The zero-order valence-electron chi connectivity index (χ0n) is 15.2. The molecule has 2 heteroatoms. The molecule has 0 amide bonds. The fourth-order valence-corrected chi connectivity index (χ4v) is 2.94. The topological polar surface area (TPSA) is 25.8 Å². The zero-order chi connectivity index (χ0) is 17.8. The molecule has 0 saturated carbocycles. The summed E-state index contributed by atoms with van der Waals surface area (Å²) < 4.78 is 0. The molecule has 0 aliphatic heterocycles. The molecule has 1 heterocycles. The third-order valence-electron chi connectivity index (χ3n) is 4.45. The van der Waals surface area contributed by atoms with Crippen molar-refractivity contribution in [1.29, 1.82) is 0 Å². The summed E-state index contributed by atoms with van der Waals surface area (Å²) in [4.78, 5) is 9.66. The molecule has 0 spiro atoms. The minimum atomic E-state index is 0.793. The monoisotopic (exact) mass is 328 g/mol.